The minimum absolute atomic E-state index is 0.0569. The van der Waals surface area contributed by atoms with E-state index in [9.17, 15) is 14.7 Å². The van der Waals surface area contributed by atoms with Crippen LogP contribution in [0.2, 0.25) is 0 Å². The Morgan fingerprint density at radius 3 is 2.67 bits per heavy atom. The van der Waals surface area contributed by atoms with Crippen LogP contribution in [0.3, 0.4) is 0 Å². The number of aliphatic carboxylic acids is 1. The quantitative estimate of drug-likeness (QED) is 0.671. The van der Waals surface area contributed by atoms with Crippen LogP contribution >= 0.6 is 0 Å². The third-order valence-electron chi connectivity index (χ3n) is 2.42. The number of urea groups is 1. The van der Waals surface area contributed by atoms with E-state index in [0.29, 0.717) is 19.5 Å². The second-order valence-corrected chi connectivity index (χ2v) is 3.74. The fraction of sp³-hybridized carbons (Fsp3) is 0.778. The molecule has 0 aromatic rings. The summed E-state index contributed by atoms with van der Waals surface area (Å²) in [5.74, 6) is -0.920. The van der Waals surface area contributed by atoms with Crippen LogP contribution in [0.25, 0.3) is 0 Å². The van der Waals surface area contributed by atoms with Gasteiger partial charge in [-0.1, -0.05) is 0 Å². The molecule has 15 heavy (non-hydrogen) atoms. The van der Waals surface area contributed by atoms with Gasteiger partial charge in [-0.2, -0.15) is 0 Å². The standard InChI is InChI=1S/C9H16N2O4/c1-10(4-3-8(13)14)9(15)11-5-2-7(12)6-11/h7,12H,2-6H2,1H3,(H,13,14). The predicted octanol–water partition coefficient (Wildman–Crippen LogP) is -0.421. The molecule has 1 aliphatic heterocycles. The van der Waals surface area contributed by atoms with Gasteiger partial charge < -0.3 is 20.0 Å². The largest absolute Gasteiger partial charge is 0.481 e. The molecule has 1 rings (SSSR count). The Labute approximate surface area is 88.1 Å². The molecule has 1 unspecified atom stereocenters. The number of β-amino-alcohol motifs (C(OH)–C–C–N with tert-alkyl or cyclic N) is 1. The summed E-state index contributed by atoms with van der Waals surface area (Å²) < 4.78 is 0. The number of rotatable bonds is 3. The zero-order valence-corrected chi connectivity index (χ0v) is 8.72. The molecule has 2 N–H and O–H groups in total. The summed E-state index contributed by atoms with van der Waals surface area (Å²) in [6.45, 7) is 1.08. The molecule has 1 saturated heterocycles. The number of hydrogen-bond acceptors (Lipinski definition) is 3. The number of hydrogen-bond donors (Lipinski definition) is 2. The van der Waals surface area contributed by atoms with E-state index >= 15 is 0 Å². The summed E-state index contributed by atoms with van der Waals surface area (Å²) in [6.07, 6.45) is 0.0961. The molecule has 0 spiro atoms. The zero-order valence-electron chi connectivity index (χ0n) is 8.72. The first-order valence-corrected chi connectivity index (χ1v) is 4.90. The molecule has 1 fully saturated rings. The number of carboxylic acids is 1. The van der Waals surface area contributed by atoms with Crippen LogP contribution in [0.5, 0.6) is 0 Å². The van der Waals surface area contributed by atoms with Crippen molar-refractivity contribution in [1.29, 1.82) is 0 Å². The Hall–Kier alpha value is -1.30. The number of carboxylic acid groups (broad SMARTS) is 1. The summed E-state index contributed by atoms with van der Waals surface area (Å²) in [4.78, 5) is 24.9. The Balaban J connectivity index is 2.35. The smallest absolute Gasteiger partial charge is 0.319 e. The molecule has 2 amide bonds. The SMILES string of the molecule is CN(CCC(=O)O)C(=O)N1CCC(O)C1. The highest BCUT2D eigenvalue weighted by Gasteiger charge is 2.26. The minimum atomic E-state index is -0.920. The van der Waals surface area contributed by atoms with Crippen LogP contribution in [-0.4, -0.2) is 64.8 Å². The van der Waals surface area contributed by atoms with E-state index in [0.717, 1.165) is 0 Å². The molecule has 0 aromatic carbocycles. The summed E-state index contributed by atoms with van der Waals surface area (Å²) in [5, 5.41) is 17.7. The van der Waals surface area contributed by atoms with Gasteiger partial charge in [0.25, 0.3) is 0 Å². The van der Waals surface area contributed by atoms with Gasteiger partial charge in [0.15, 0.2) is 0 Å². The third kappa shape index (κ3) is 3.39. The predicted molar refractivity (Wildman–Crippen MR) is 52.5 cm³/mol. The number of nitrogens with zero attached hydrogens (tertiary/aromatic N) is 2. The highest BCUT2D eigenvalue weighted by atomic mass is 16.4. The van der Waals surface area contributed by atoms with Gasteiger partial charge in [0, 0.05) is 26.7 Å². The van der Waals surface area contributed by atoms with E-state index in [2.05, 4.69) is 0 Å². The van der Waals surface area contributed by atoms with Crippen molar-refractivity contribution >= 4 is 12.0 Å². The molecular weight excluding hydrogens is 200 g/mol. The van der Waals surface area contributed by atoms with E-state index in [1.807, 2.05) is 0 Å². The van der Waals surface area contributed by atoms with Crippen LogP contribution in [0.4, 0.5) is 4.79 Å². The van der Waals surface area contributed by atoms with Gasteiger partial charge >= 0.3 is 12.0 Å². The van der Waals surface area contributed by atoms with Crippen LogP contribution in [-0.2, 0) is 4.79 Å². The molecular formula is C9H16N2O4. The number of aliphatic hydroxyl groups is 1. The highest BCUT2D eigenvalue weighted by Crippen LogP contribution is 2.10. The van der Waals surface area contributed by atoms with Crippen molar-refractivity contribution < 1.29 is 19.8 Å². The Kier molecular flexibility index (Phi) is 3.90. The molecule has 1 atom stereocenters. The van der Waals surface area contributed by atoms with Crippen molar-refractivity contribution in [3.63, 3.8) is 0 Å². The molecule has 0 saturated carbocycles. The Bertz CT molecular complexity index is 256. The number of likely N-dealkylation sites (tertiary alicyclic amines) is 1. The van der Waals surface area contributed by atoms with Crippen molar-refractivity contribution in [1.82, 2.24) is 9.80 Å². The number of carbonyl (C=O) groups excluding carboxylic acids is 1. The van der Waals surface area contributed by atoms with Gasteiger partial charge in [-0.15, -0.1) is 0 Å². The summed E-state index contributed by atoms with van der Waals surface area (Å²) in [5.41, 5.74) is 0. The monoisotopic (exact) mass is 216 g/mol. The summed E-state index contributed by atoms with van der Waals surface area (Å²) in [6, 6.07) is -0.215. The second kappa shape index (κ2) is 4.97. The number of amides is 2. The van der Waals surface area contributed by atoms with Crippen LogP contribution in [0, 0.1) is 0 Å². The molecule has 0 aromatic heterocycles. The maximum Gasteiger partial charge on any atom is 0.319 e. The number of carbonyl (C=O) groups is 2. The van der Waals surface area contributed by atoms with Gasteiger partial charge in [-0.3, -0.25) is 4.79 Å². The lowest BCUT2D eigenvalue weighted by atomic mass is 10.3. The highest BCUT2D eigenvalue weighted by molar-refractivity contribution is 5.75. The van der Waals surface area contributed by atoms with Crippen LogP contribution in [0.15, 0.2) is 0 Å². The molecule has 0 radical (unpaired) electrons. The van der Waals surface area contributed by atoms with E-state index < -0.39 is 12.1 Å². The lowest BCUT2D eigenvalue weighted by Gasteiger charge is -2.23. The normalized spacial score (nSPS) is 20.4. The van der Waals surface area contributed by atoms with Gasteiger partial charge in [0.2, 0.25) is 0 Å². The molecule has 1 heterocycles. The van der Waals surface area contributed by atoms with Crippen molar-refractivity contribution in [2.45, 2.75) is 18.9 Å². The zero-order chi connectivity index (χ0) is 11.4. The average molecular weight is 216 g/mol. The van der Waals surface area contributed by atoms with Crippen molar-refractivity contribution in [2.75, 3.05) is 26.7 Å². The van der Waals surface area contributed by atoms with Gasteiger partial charge in [-0.05, 0) is 6.42 Å². The first-order chi connectivity index (χ1) is 7.00. The average Bonchev–Trinajstić information content (AvgIpc) is 2.60. The Morgan fingerprint density at radius 1 is 1.53 bits per heavy atom. The fourth-order valence-corrected chi connectivity index (χ4v) is 1.52. The second-order valence-electron chi connectivity index (χ2n) is 3.74. The number of aliphatic hydroxyl groups excluding tert-OH is 1. The lowest BCUT2D eigenvalue weighted by molar-refractivity contribution is -0.137. The minimum Gasteiger partial charge on any atom is -0.481 e. The van der Waals surface area contributed by atoms with Crippen molar-refractivity contribution in [3.05, 3.63) is 0 Å². The summed E-state index contributed by atoms with van der Waals surface area (Å²) in [7, 11) is 1.57. The molecule has 86 valence electrons. The van der Waals surface area contributed by atoms with Gasteiger partial charge in [0.1, 0.15) is 0 Å². The van der Waals surface area contributed by atoms with Crippen molar-refractivity contribution in [3.8, 4) is 0 Å². The first-order valence-electron chi connectivity index (χ1n) is 4.90. The van der Waals surface area contributed by atoms with E-state index in [1.54, 1.807) is 7.05 Å². The van der Waals surface area contributed by atoms with E-state index in [-0.39, 0.29) is 19.0 Å². The van der Waals surface area contributed by atoms with Crippen molar-refractivity contribution in [2.24, 2.45) is 0 Å². The third-order valence-corrected chi connectivity index (χ3v) is 2.42. The van der Waals surface area contributed by atoms with Gasteiger partial charge in [0.05, 0.1) is 12.5 Å². The van der Waals surface area contributed by atoms with Gasteiger partial charge in [-0.25, -0.2) is 4.79 Å². The molecule has 1 aliphatic rings. The molecule has 6 nitrogen and oxygen atoms in total. The molecule has 0 bridgehead atoms. The fourth-order valence-electron chi connectivity index (χ4n) is 1.52. The maximum absolute atomic E-state index is 11.7. The summed E-state index contributed by atoms with van der Waals surface area (Å²) >= 11 is 0. The van der Waals surface area contributed by atoms with E-state index in [1.165, 1.54) is 9.80 Å². The first kappa shape index (κ1) is 11.8. The maximum atomic E-state index is 11.7. The Morgan fingerprint density at radius 2 is 2.20 bits per heavy atom. The molecule has 0 aliphatic carbocycles. The van der Waals surface area contributed by atoms with Crippen LogP contribution in [0.1, 0.15) is 12.8 Å². The molecule has 6 heteroatoms. The van der Waals surface area contributed by atoms with E-state index in [4.69, 9.17) is 5.11 Å². The topological polar surface area (TPSA) is 81.1 Å². The lowest BCUT2D eigenvalue weighted by Crippen LogP contribution is -2.41. The van der Waals surface area contributed by atoms with Crippen LogP contribution < -0.4 is 0 Å².